The van der Waals surface area contributed by atoms with Gasteiger partial charge in [0.15, 0.2) is 5.82 Å². The van der Waals surface area contributed by atoms with Gasteiger partial charge in [0.05, 0.1) is 28.5 Å². The summed E-state index contributed by atoms with van der Waals surface area (Å²) in [4.78, 5) is 8.67. The summed E-state index contributed by atoms with van der Waals surface area (Å²) < 4.78 is 2.06. The van der Waals surface area contributed by atoms with E-state index in [9.17, 15) is 0 Å². The molecule has 5 rings (SSSR count). The predicted octanol–water partition coefficient (Wildman–Crippen LogP) is 3.76. The van der Waals surface area contributed by atoms with Crippen LogP contribution in [0, 0.1) is 6.92 Å². The number of halogens is 1. The fraction of sp³-hybridized carbons (Fsp3) is 0.429. The molecule has 1 aliphatic carbocycles. The molecule has 3 aromatic rings. The van der Waals surface area contributed by atoms with Gasteiger partial charge in [-0.25, -0.2) is 0 Å². The summed E-state index contributed by atoms with van der Waals surface area (Å²) in [5.74, 6) is 1.38. The minimum absolute atomic E-state index is 0.316. The summed E-state index contributed by atoms with van der Waals surface area (Å²) >= 11 is 7.17. The summed E-state index contributed by atoms with van der Waals surface area (Å²) in [5.41, 5.74) is 5.75. The zero-order chi connectivity index (χ0) is 19.1. The summed E-state index contributed by atoms with van der Waals surface area (Å²) in [6.07, 6.45) is 9.30. The second-order valence-corrected chi connectivity index (χ2v) is 8.55. The molecule has 0 amide bonds. The minimum Gasteiger partial charge on any atom is -0.306 e. The molecule has 2 aromatic heterocycles. The lowest BCUT2D eigenvalue weighted by Gasteiger charge is -2.36. The van der Waals surface area contributed by atoms with Crippen LogP contribution in [0.3, 0.4) is 0 Å². The van der Waals surface area contributed by atoms with Crippen molar-refractivity contribution in [3.8, 4) is 5.69 Å². The van der Waals surface area contributed by atoms with Crippen molar-refractivity contribution in [2.24, 2.45) is 0 Å². The number of fused-ring (bicyclic) bond motifs is 3. The van der Waals surface area contributed by atoms with E-state index in [0.717, 1.165) is 61.7 Å². The van der Waals surface area contributed by atoms with Gasteiger partial charge in [-0.05, 0) is 49.8 Å². The van der Waals surface area contributed by atoms with Crippen molar-refractivity contribution in [3.63, 3.8) is 0 Å². The summed E-state index contributed by atoms with van der Waals surface area (Å²) in [7, 11) is 0. The number of nitrogens with one attached hydrogen (secondary N) is 1. The number of rotatable bonds is 2. The lowest BCUT2D eigenvalue weighted by molar-refractivity contribution is 0.353. The number of nitrogens with zero attached hydrogens (tertiary/aromatic N) is 5. The first-order valence-corrected chi connectivity index (χ1v) is 10.2. The third-order valence-corrected chi connectivity index (χ3v) is 6.75. The van der Waals surface area contributed by atoms with Crippen LogP contribution in [0.1, 0.15) is 59.9 Å². The quantitative estimate of drug-likeness (QED) is 0.670. The highest BCUT2D eigenvalue weighted by Crippen LogP contribution is 2.48. The monoisotopic (exact) mass is 394 g/mol. The maximum atomic E-state index is 7.17. The highest BCUT2D eigenvalue weighted by atomic mass is 35.5. The van der Waals surface area contributed by atoms with Crippen molar-refractivity contribution >= 4 is 11.6 Å². The van der Waals surface area contributed by atoms with Gasteiger partial charge in [-0.2, -0.15) is 0 Å². The van der Waals surface area contributed by atoms with Gasteiger partial charge in [0.25, 0.3) is 0 Å². The number of hydrogen-bond donors (Lipinski definition) is 1. The molecule has 28 heavy (non-hydrogen) atoms. The third-order valence-electron chi connectivity index (χ3n) is 6.16. The molecular weight excluding hydrogens is 372 g/mol. The number of hydrogen-bond acceptors (Lipinski definition) is 5. The molecule has 1 aromatic carbocycles. The van der Waals surface area contributed by atoms with Crippen molar-refractivity contribution in [3.05, 3.63) is 65.3 Å². The number of alkyl halides is 1. The molecule has 2 aliphatic rings. The van der Waals surface area contributed by atoms with Gasteiger partial charge in [-0.15, -0.1) is 21.8 Å². The second kappa shape index (κ2) is 6.94. The number of aryl methyl sites for hydroxylation is 1. The van der Waals surface area contributed by atoms with E-state index < -0.39 is 0 Å². The Hall–Kier alpha value is -2.31. The van der Waals surface area contributed by atoms with E-state index in [0.29, 0.717) is 5.92 Å². The minimum atomic E-state index is -0.316. The number of aromatic nitrogens is 5. The molecule has 6 nitrogen and oxygen atoms in total. The Morgan fingerprint density at radius 3 is 2.79 bits per heavy atom. The van der Waals surface area contributed by atoms with Crippen LogP contribution in [-0.2, 0) is 18.0 Å². The zero-order valence-corrected chi connectivity index (χ0v) is 16.7. The van der Waals surface area contributed by atoms with Crippen LogP contribution in [0.5, 0.6) is 0 Å². The fourth-order valence-electron chi connectivity index (χ4n) is 4.59. The van der Waals surface area contributed by atoms with Crippen molar-refractivity contribution in [2.75, 3.05) is 0 Å². The molecule has 1 saturated carbocycles. The van der Waals surface area contributed by atoms with Crippen LogP contribution in [0.2, 0.25) is 0 Å². The van der Waals surface area contributed by atoms with Crippen LogP contribution >= 0.6 is 11.6 Å². The highest BCUT2D eigenvalue weighted by Gasteiger charge is 2.37. The molecule has 0 unspecified atom stereocenters. The van der Waals surface area contributed by atoms with Gasteiger partial charge >= 0.3 is 0 Å². The molecule has 144 valence electrons. The molecule has 3 heterocycles. The largest absolute Gasteiger partial charge is 0.306 e. The molecule has 1 aliphatic heterocycles. The van der Waals surface area contributed by atoms with Gasteiger partial charge in [0.2, 0.25) is 0 Å². The van der Waals surface area contributed by atoms with Crippen molar-refractivity contribution in [2.45, 2.75) is 56.5 Å². The second-order valence-electron chi connectivity index (χ2n) is 7.83. The normalized spacial score (nSPS) is 24.3. The van der Waals surface area contributed by atoms with Crippen molar-refractivity contribution in [1.82, 2.24) is 30.0 Å². The molecule has 0 saturated heterocycles. The average molecular weight is 395 g/mol. The van der Waals surface area contributed by atoms with Crippen molar-refractivity contribution in [1.29, 1.82) is 0 Å². The Morgan fingerprint density at radius 1 is 1.14 bits per heavy atom. The molecule has 0 spiro atoms. The van der Waals surface area contributed by atoms with E-state index in [1.807, 2.05) is 6.92 Å². The first-order valence-electron chi connectivity index (χ1n) is 9.84. The maximum Gasteiger partial charge on any atom is 0.151 e. The standard InChI is InChI=1S/C21H23ClN6/c1-14-20(25-9-8-24-14)15-4-6-21(22,7-5-15)17-2-3-18-16(10-17)11-23-12-19-27-26-13-28(18)19/h2-3,8-10,13,15,23H,4-7,11-12H2,1H3. The molecular formula is C21H23ClN6. The SMILES string of the molecule is Cc1nccnc1C1CCC(Cl)(c2ccc3c(c2)CNCc2nncn2-3)CC1. The molecule has 1 N–H and O–H groups in total. The number of benzene rings is 1. The Morgan fingerprint density at radius 2 is 1.96 bits per heavy atom. The van der Waals surface area contributed by atoms with E-state index in [1.54, 1.807) is 18.7 Å². The van der Waals surface area contributed by atoms with E-state index >= 15 is 0 Å². The van der Waals surface area contributed by atoms with E-state index in [-0.39, 0.29) is 4.87 Å². The molecule has 1 fully saturated rings. The van der Waals surface area contributed by atoms with Crippen LogP contribution in [0.25, 0.3) is 5.69 Å². The fourth-order valence-corrected chi connectivity index (χ4v) is 4.92. The first-order chi connectivity index (χ1) is 13.6. The molecule has 0 radical (unpaired) electrons. The van der Waals surface area contributed by atoms with Crippen LogP contribution in [0.15, 0.2) is 36.9 Å². The highest BCUT2D eigenvalue weighted by molar-refractivity contribution is 6.24. The van der Waals surface area contributed by atoms with Gasteiger partial charge < -0.3 is 5.32 Å². The zero-order valence-electron chi connectivity index (χ0n) is 15.9. The lowest BCUT2D eigenvalue weighted by Crippen LogP contribution is -2.26. The third kappa shape index (κ3) is 3.01. The van der Waals surface area contributed by atoms with Gasteiger partial charge in [0, 0.05) is 24.9 Å². The molecule has 7 heteroatoms. The van der Waals surface area contributed by atoms with Gasteiger partial charge in [-0.3, -0.25) is 14.5 Å². The van der Waals surface area contributed by atoms with E-state index in [1.165, 1.54) is 11.1 Å². The van der Waals surface area contributed by atoms with E-state index in [2.05, 4.69) is 48.2 Å². The van der Waals surface area contributed by atoms with Crippen LogP contribution in [0.4, 0.5) is 0 Å². The summed E-state index contributed by atoms with van der Waals surface area (Å²) in [6, 6.07) is 6.60. The van der Waals surface area contributed by atoms with Gasteiger partial charge in [-0.1, -0.05) is 12.1 Å². The summed E-state index contributed by atoms with van der Waals surface area (Å²) in [6.45, 7) is 3.57. The van der Waals surface area contributed by atoms with Crippen LogP contribution in [-0.4, -0.2) is 24.7 Å². The van der Waals surface area contributed by atoms with E-state index in [4.69, 9.17) is 11.6 Å². The molecule has 0 bridgehead atoms. The predicted molar refractivity (Wildman–Crippen MR) is 107 cm³/mol. The lowest BCUT2D eigenvalue weighted by atomic mass is 9.76. The Balaban J connectivity index is 1.40. The topological polar surface area (TPSA) is 68.5 Å². The molecule has 0 atom stereocenters. The summed E-state index contributed by atoms with van der Waals surface area (Å²) in [5, 5.41) is 11.7. The Labute approximate surface area is 169 Å². The Bertz CT molecular complexity index is 1010. The first kappa shape index (κ1) is 17.8. The van der Waals surface area contributed by atoms with Gasteiger partial charge in [0.1, 0.15) is 6.33 Å². The van der Waals surface area contributed by atoms with Crippen LogP contribution < -0.4 is 5.32 Å². The van der Waals surface area contributed by atoms with Crippen molar-refractivity contribution < 1.29 is 0 Å². The maximum absolute atomic E-state index is 7.17. The Kier molecular flexibility index (Phi) is 4.40. The smallest absolute Gasteiger partial charge is 0.151 e. The average Bonchev–Trinajstić information content (AvgIpc) is 3.10.